The van der Waals surface area contributed by atoms with Crippen LogP contribution in [0.3, 0.4) is 0 Å². The van der Waals surface area contributed by atoms with Crippen LogP contribution in [0.25, 0.3) is 0 Å². The van der Waals surface area contributed by atoms with Crippen LogP contribution in [0.15, 0.2) is 40.8 Å². The number of halogens is 1. The Labute approximate surface area is 99.1 Å². The van der Waals surface area contributed by atoms with Crippen molar-refractivity contribution in [3.63, 3.8) is 0 Å². The Bertz CT molecular complexity index is 522. The molecule has 0 fully saturated rings. The van der Waals surface area contributed by atoms with Crippen LogP contribution in [0.5, 0.6) is 0 Å². The Balaban J connectivity index is 2.27. The molecule has 0 radical (unpaired) electrons. The van der Waals surface area contributed by atoms with Gasteiger partial charge in [0.1, 0.15) is 5.76 Å². The monoisotopic (exact) mass is 231 g/mol. The fourth-order valence-electron chi connectivity index (χ4n) is 1.57. The maximum atomic E-state index is 8.70. The van der Waals surface area contributed by atoms with Crippen molar-refractivity contribution in [1.82, 2.24) is 0 Å². The summed E-state index contributed by atoms with van der Waals surface area (Å²) in [7, 11) is 0. The van der Waals surface area contributed by atoms with E-state index in [1.54, 1.807) is 18.2 Å². The molecule has 0 bridgehead atoms. The summed E-state index contributed by atoms with van der Waals surface area (Å²) in [6, 6.07) is 13.2. The van der Waals surface area contributed by atoms with Gasteiger partial charge in [0, 0.05) is 5.92 Å². The molecule has 3 heteroatoms. The third kappa shape index (κ3) is 2.10. The van der Waals surface area contributed by atoms with Gasteiger partial charge in [-0.05, 0) is 41.4 Å². The van der Waals surface area contributed by atoms with E-state index in [0.29, 0.717) is 10.8 Å². The Morgan fingerprint density at radius 1 is 1.19 bits per heavy atom. The van der Waals surface area contributed by atoms with Crippen molar-refractivity contribution in [2.45, 2.75) is 12.8 Å². The van der Waals surface area contributed by atoms with Gasteiger partial charge in [-0.1, -0.05) is 19.1 Å². The van der Waals surface area contributed by atoms with Gasteiger partial charge in [-0.2, -0.15) is 5.26 Å². The molecule has 0 aliphatic heterocycles. The molecule has 80 valence electrons. The minimum absolute atomic E-state index is 0.139. The zero-order chi connectivity index (χ0) is 11.5. The molecule has 1 aromatic carbocycles. The minimum Gasteiger partial charge on any atom is -0.449 e. The lowest BCUT2D eigenvalue weighted by Gasteiger charge is -2.08. The number of nitriles is 1. The molecule has 2 nitrogen and oxygen atoms in total. The molecule has 0 saturated heterocycles. The topological polar surface area (TPSA) is 36.9 Å². The third-order valence-electron chi connectivity index (χ3n) is 2.56. The Hall–Kier alpha value is -1.72. The number of hydrogen-bond donors (Lipinski definition) is 0. The quantitative estimate of drug-likeness (QED) is 0.785. The van der Waals surface area contributed by atoms with E-state index in [0.717, 1.165) is 11.3 Å². The lowest BCUT2D eigenvalue weighted by Crippen LogP contribution is -1.93. The average molecular weight is 232 g/mol. The van der Waals surface area contributed by atoms with E-state index in [4.69, 9.17) is 21.3 Å². The van der Waals surface area contributed by atoms with Crippen molar-refractivity contribution in [2.75, 3.05) is 0 Å². The van der Waals surface area contributed by atoms with E-state index in [1.807, 2.05) is 25.1 Å². The molecule has 0 spiro atoms. The largest absolute Gasteiger partial charge is 0.449 e. The van der Waals surface area contributed by atoms with E-state index in [-0.39, 0.29) is 5.92 Å². The summed E-state index contributed by atoms with van der Waals surface area (Å²) < 4.78 is 5.36. The SMILES string of the molecule is CC(c1ccc(C#N)cc1)c1ccc(Cl)o1. The minimum atomic E-state index is 0.139. The Kier molecular flexibility index (Phi) is 2.98. The molecule has 1 unspecified atom stereocenters. The Morgan fingerprint density at radius 2 is 1.88 bits per heavy atom. The predicted octanol–water partition coefficient (Wildman–Crippen LogP) is 3.96. The second-order valence-corrected chi connectivity index (χ2v) is 3.97. The summed E-state index contributed by atoms with van der Waals surface area (Å²) in [5.41, 5.74) is 1.76. The normalized spacial score (nSPS) is 12.1. The number of benzene rings is 1. The summed E-state index contributed by atoms with van der Waals surface area (Å²) in [5, 5.41) is 9.10. The first kappa shape index (κ1) is 10.8. The molecule has 2 rings (SSSR count). The van der Waals surface area contributed by atoms with Gasteiger partial charge < -0.3 is 4.42 Å². The summed E-state index contributed by atoms with van der Waals surface area (Å²) >= 11 is 5.73. The van der Waals surface area contributed by atoms with Crippen LogP contribution in [0.1, 0.15) is 29.7 Å². The van der Waals surface area contributed by atoms with Crippen molar-refractivity contribution in [2.24, 2.45) is 0 Å². The van der Waals surface area contributed by atoms with Crippen molar-refractivity contribution < 1.29 is 4.42 Å². The molecular weight excluding hydrogens is 222 g/mol. The fraction of sp³-hybridized carbons (Fsp3) is 0.154. The zero-order valence-corrected chi connectivity index (χ0v) is 9.53. The highest BCUT2D eigenvalue weighted by Gasteiger charge is 2.12. The van der Waals surface area contributed by atoms with Crippen molar-refractivity contribution in [1.29, 1.82) is 5.26 Å². The Morgan fingerprint density at radius 3 is 2.38 bits per heavy atom. The maximum Gasteiger partial charge on any atom is 0.193 e. The van der Waals surface area contributed by atoms with Crippen LogP contribution >= 0.6 is 11.6 Å². The highest BCUT2D eigenvalue weighted by molar-refractivity contribution is 6.28. The van der Waals surface area contributed by atoms with Gasteiger partial charge >= 0.3 is 0 Å². The van der Waals surface area contributed by atoms with Crippen molar-refractivity contribution in [3.05, 3.63) is 58.5 Å². The van der Waals surface area contributed by atoms with Crippen LogP contribution in [-0.4, -0.2) is 0 Å². The molecule has 0 saturated carbocycles. The van der Waals surface area contributed by atoms with Gasteiger partial charge in [0.25, 0.3) is 0 Å². The first-order valence-electron chi connectivity index (χ1n) is 4.96. The van der Waals surface area contributed by atoms with Crippen LogP contribution in [0.4, 0.5) is 0 Å². The first-order chi connectivity index (χ1) is 7.70. The number of nitrogens with zero attached hydrogens (tertiary/aromatic N) is 1. The van der Waals surface area contributed by atoms with Gasteiger partial charge in [-0.15, -0.1) is 0 Å². The van der Waals surface area contributed by atoms with Crippen LogP contribution in [0, 0.1) is 11.3 Å². The van der Waals surface area contributed by atoms with E-state index < -0.39 is 0 Å². The molecule has 0 aliphatic carbocycles. The van der Waals surface area contributed by atoms with E-state index >= 15 is 0 Å². The van der Waals surface area contributed by atoms with Gasteiger partial charge in [0.05, 0.1) is 11.6 Å². The third-order valence-corrected chi connectivity index (χ3v) is 2.76. The van der Waals surface area contributed by atoms with Gasteiger partial charge in [-0.3, -0.25) is 0 Å². The molecule has 1 heterocycles. The van der Waals surface area contributed by atoms with Gasteiger partial charge in [0.2, 0.25) is 0 Å². The number of rotatable bonds is 2. The van der Waals surface area contributed by atoms with Crippen LogP contribution in [-0.2, 0) is 0 Å². The second kappa shape index (κ2) is 4.42. The molecule has 2 aromatic rings. The summed E-state index contributed by atoms with van der Waals surface area (Å²) in [6.45, 7) is 2.04. The molecule has 1 atom stereocenters. The number of furan rings is 1. The molecule has 16 heavy (non-hydrogen) atoms. The summed E-state index contributed by atoms with van der Waals surface area (Å²) in [5.74, 6) is 0.968. The molecule has 0 aliphatic rings. The van der Waals surface area contributed by atoms with Gasteiger partial charge in [-0.25, -0.2) is 0 Å². The highest BCUT2D eigenvalue weighted by atomic mass is 35.5. The maximum absolute atomic E-state index is 8.70. The van der Waals surface area contributed by atoms with E-state index in [1.165, 1.54) is 0 Å². The summed E-state index contributed by atoms with van der Waals surface area (Å²) in [6.07, 6.45) is 0. The first-order valence-corrected chi connectivity index (χ1v) is 5.34. The smallest absolute Gasteiger partial charge is 0.193 e. The van der Waals surface area contributed by atoms with E-state index in [2.05, 4.69) is 6.07 Å². The zero-order valence-electron chi connectivity index (χ0n) is 8.77. The number of hydrogen-bond acceptors (Lipinski definition) is 2. The van der Waals surface area contributed by atoms with Gasteiger partial charge in [0.15, 0.2) is 5.22 Å². The average Bonchev–Trinajstić information content (AvgIpc) is 2.75. The second-order valence-electron chi connectivity index (χ2n) is 3.60. The fourth-order valence-corrected chi connectivity index (χ4v) is 1.72. The molecule has 0 amide bonds. The van der Waals surface area contributed by atoms with Crippen LogP contribution in [0.2, 0.25) is 5.22 Å². The van der Waals surface area contributed by atoms with E-state index in [9.17, 15) is 0 Å². The highest BCUT2D eigenvalue weighted by Crippen LogP contribution is 2.27. The predicted molar refractivity (Wildman–Crippen MR) is 62.4 cm³/mol. The lowest BCUT2D eigenvalue weighted by atomic mass is 9.98. The molecule has 0 N–H and O–H groups in total. The standard InChI is InChI=1S/C13H10ClNO/c1-9(12-6-7-13(14)16-12)11-4-2-10(8-15)3-5-11/h2-7,9H,1H3. The summed E-state index contributed by atoms with van der Waals surface area (Å²) in [4.78, 5) is 0. The van der Waals surface area contributed by atoms with Crippen molar-refractivity contribution >= 4 is 11.6 Å². The van der Waals surface area contributed by atoms with Crippen LogP contribution < -0.4 is 0 Å². The molecule has 1 aromatic heterocycles. The lowest BCUT2D eigenvalue weighted by molar-refractivity contribution is 0.497. The molecular formula is C13H10ClNO. The van der Waals surface area contributed by atoms with Crippen molar-refractivity contribution in [3.8, 4) is 6.07 Å².